The fourth-order valence-corrected chi connectivity index (χ4v) is 1.59. The Hall–Kier alpha value is -1.25. The Morgan fingerprint density at radius 1 is 0.882 bits per heavy atom. The van der Waals surface area contributed by atoms with Crippen molar-refractivity contribution >= 4 is 18.4 Å². The van der Waals surface area contributed by atoms with Gasteiger partial charge in [-0.15, -0.1) is 0 Å². The SMILES string of the molecule is CC(=CCCCCCCCCC=O)C(=O)C=O. The molecule has 0 fully saturated rings. The van der Waals surface area contributed by atoms with Crippen LogP contribution in [0.25, 0.3) is 0 Å². The van der Waals surface area contributed by atoms with Crippen molar-refractivity contribution in [3.63, 3.8) is 0 Å². The van der Waals surface area contributed by atoms with Gasteiger partial charge in [0, 0.05) is 6.42 Å². The molecule has 3 nitrogen and oxygen atoms in total. The molecule has 0 aliphatic carbocycles. The molecule has 0 bridgehead atoms. The Morgan fingerprint density at radius 2 is 1.41 bits per heavy atom. The van der Waals surface area contributed by atoms with Crippen molar-refractivity contribution < 1.29 is 14.4 Å². The lowest BCUT2D eigenvalue weighted by atomic mass is 10.1. The number of allylic oxidation sites excluding steroid dienone is 2. The van der Waals surface area contributed by atoms with Crippen LogP contribution in [-0.2, 0) is 14.4 Å². The molecule has 3 heteroatoms. The van der Waals surface area contributed by atoms with Gasteiger partial charge in [0.15, 0.2) is 6.29 Å². The first-order valence-electron chi connectivity index (χ1n) is 6.32. The van der Waals surface area contributed by atoms with Crippen LogP contribution in [0, 0.1) is 0 Å². The Morgan fingerprint density at radius 3 is 1.94 bits per heavy atom. The van der Waals surface area contributed by atoms with Crippen molar-refractivity contribution in [1.82, 2.24) is 0 Å². The molecule has 0 N–H and O–H groups in total. The maximum atomic E-state index is 10.9. The maximum Gasteiger partial charge on any atom is 0.220 e. The lowest BCUT2D eigenvalue weighted by Gasteiger charge is -1.99. The standard InChI is InChI=1S/C14H22O3/c1-13(14(17)12-16)10-8-6-4-2-3-5-7-9-11-15/h10-12H,2-9H2,1H3. The monoisotopic (exact) mass is 238 g/mol. The quantitative estimate of drug-likeness (QED) is 0.240. The molecule has 0 rings (SSSR count). The molecule has 0 aliphatic rings. The summed E-state index contributed by atoms with van der Waals surface area (Å²) in [7, 11) is 0. The number of unbranched alkanes of at least 4 members (excludes halogenated alkanes) is 7. The largest absolute Gasteiger partial charge is 0.303 e. The first kappa shape index (κ1) is 15.8. The predicted octanol–water partition coefficient (Wildman–Crippen LogP) is 3.02. The zero-order chi connectivity index (χ0) is 12.9. The molecule has 96 valence electrons. The van der Waals surface area contributed by atoms with E-state index in [-0.39, 0.29) is 0 Å². The lowest BCUT2D eigenvalue weighted by Crippen LogP contribution is -1.99. The first-order valence-corrected chi connectivity index (χ1v) is 6.32. The summed E-state index contributed by atoms with van der Waals surface area (Å²) in [6.45, 7) is 1.68. The highest BCUT2D eigenvalue weighted by Gasteiger charge is 2.00. The van der Waals surface area contributed by atoms with E-state index in [9.17, 15) is 14.4 Å². The van der Waals surface area contributed by atoms with Gasteiger partial charge in [0.25, 0.3) is 0 Å². The van der Waals surface area contributed by atoms with Crippen LogP contribution in [0.1, 0.15) is 58.3 Å². The molecule has 0 aromatic heterocycles. The molecular weight excluding hydrogens is 216 g/mol. The highest BCUT2D eigenvalue weighted by atomic mass is 16.2. The van der Waals surface area contributed by atoms with Crippen LogP contribution >= 0.6 is 0 Å². The van der Waals surface area contributed by atoms with Gasteiger partial charge >= 0.3 is 0 Å². The van der Waals surface area contributed by atoms with Gasteiger partial charge in [0.2, 0.25) is 5.78 Å². The van der Waals surface area contributed by atoms with Crippen LogP contribution in [0.5, 0.6) is 0 Å². The van der Waals surface area contributed by atoms with E-state index in [4.69, 9.17) is 0 Å². The minimum Gasteiger partial charge on any atom is -0.303 e. The third-order valence-corrected chi connectivity index (χ3v) is 2.72. The lowest BCUT2D eigenvalue weighted by molar-refractivity contribution is -0.127. The van der Waals surface area contributed by atoms with Gasteiger partial charge in [-0.05, 0) is 31.8 Å². The molecule has 0 saturated heterocycles. The summed E-state index contributed by atoms with van der Waals surface area (Å²) in [5.74, 6) is -0.418. The maximum absolute atomic E-state index is 10.9. The van der Waals surface area contributed by atoms with Crippen LogP contribution in [0.2, 0.25) is 0 Å². The van der Waals surface area contributed by atoms with Gasteiger partial charge in [-0.2, -0.15) is 0 Å². The number of ketones is 1. The van der Waals surface area contributed by atoms with E-state index >= 15 is 0 Å². The summed E-state index contributed by atoms with van der Waals surface area (Å²) >= 11 is 0. The molecule has 0 spiro atoms. The minimum absolute atomic E-state index is 0.360. The topological polar surface area (TPSA) is 51.2 Å². The number of hydrogen-bond donors (Lipinski definition) is 0. The van der Waals surface area contributed by atoms with Crippen molar-refractivity contribution in [3.8, 4) is 0 Å². The minimum atomic E-state index is -0.418. The number of carbonyl (C=O) groups is 3. The van der Waals surface area contributed by atoms with E-state index in [1.807, 2.05) is 6.08 Å². The second-order valence-electron chi connectivity index (χ2n) is 4.23. The summed E-state index contributed by atoms with van der Waals surface area (Å²) in [5.41, 5.74) is 0.547. The average Bonchev–Trinajstić information content (AvgIpc) is 2.35. The van der Waals surface area contributed by atoms with Crippen molar-refractivity contribution in [3.05, 3.63) is 11.6 Å². The summed E-state index contributed by atoms with van der Waals surface area (Å²) in [5, 5.41) is 0. The van der Waals surface area contributed by atoms with Crippen LogP contribution in [0.4, 0.5) is 0 Å². The highest BCUT2D eigenvalue weighted by molar-refractivity contribution is 6.32. The van der Waals surface area contributed by atoms with Crippen LogP contribution in [0.3, 0.4) is 0 Å². The normalized spacial score (nSPS) is 11.2. The van der Waals surface area contributed by atoms with Gasteiger partial charge in [0.05, 0.1) is 0 Å². The molecule has 0 unspecified atom stereocenters. The van der Waals surface area contributed by atoms with Gasteiger partial charge < -0.3 is 4.79 Å². The van der Waals surface area contributed by atoms with Crippen molar-refractivity contribution in [2.45, 2.75) is 58.3 Å². The van der Waals surface area contributed by atoms with Gasteiger partial charge in [-0.25, -0.2) is 0 Å². The van der Waals surface area contributed by atoms with Crippen molar-refractivity contribution in [2.75, 3.05) is 0 Å². The zero-order valence-corrected chi connectivity index (χ0v) is 10.6. The van der Waals surface area contributed by atoms with Gasteiger partial charge in [-0.1, -0.05) is 31.8 Å². The molecule has 0 heterocycles. The molecule has 0 saturated carbocycles. The Labute approximate surface area is 103 Å². The Balaban J connectivity index is 3.37. The number of aldehydes is 2. The third-order valence-electron chi connectivity index (χ3n) is 2.72. The van der Waals surface area contributed by atoms with Gasteiger partial charge in [-0.3, -0.25) is 9.59 Å². The molecule has 0 aromatic carbocycles. The highest BCUT2D eigenvalue weighted by Crippen LogP contribution is 2.09. The molecule has 17 heavy (non-hydrogen) atoms. The average molecular weight is 238 g/mol. The number of hydrogen-bond acceptors (Lipinski definition) is 3. The first-order chi connectivity index (χ1) is 8.22. The van der Waals surface area contributed by atoms with E-state index in [2.05, 4.69) is 0 Å². The summed E-state index contributed by atoms with van der Waals surface area (Å²) in [6, 6.07) is 0. The number of carbonyl (C=O) groups excluding carboxylic acids is 3. The molecule has 0 aromatic rings. The van der Waals surface area contributed by atoms with E-state index in [1.54, 1.807) is 6.92 Å². The summed E-state index contributed by atoms with van der Waals surface area (Å²) in [6.07, 6.45) is 11.4. The van der Waals surface area contributed by atoms with E-state index < -0.39 is 5.78 Å². The number of rotatable bonds is 11. The second-order valence-corrected chi connectivity index (χ2v) is 4.23. The third kappa shape index (κ3) is 9.67. The zero-order valence-electron chi connectivity index (χ0n) is 10.6. The van der Waals surface area contributed by atoms with Crippen LogP contribution in [-0.4, -0.2) is 18.4 Å². The van der Waals surface area contributed by atoms with Crippen LogP contribution in [0.15, 0.2) is 11.6 Å². The predicted molar refractivity (Wildman–Crippen MR) is 67.8 cm³/mol. The van der Waals surface area contributed by atoms with E-state index in [0.29, 0.717) is 18.3 Å². The second kappa shape index (κ2) is 11.2. The van der Waals surface area contributed by atoms with Gasteiger partial charge in [0.1, 0.15) is 6.29 Å². The fraction of sp³-hybridized carbons (Fsp3) is 0.643. The molecular formula is C14H22O3. The molecule has 0 atom stereocenters. The van der Waals surface area contributed by atoms with Crippen molar-refractivity contribution in [1.29, 1.82) is 0 Å². The smallest absolute Gasteiger partial charge is 0.220 e. The van der Waals surface area contributed by atoms with Crippen molar-refractivity contribution in [2.24, 2.45) is 0 Å². The summed E-state index contributed by atoms with van der Waals surface area (Å²) < 4.78 is 0. The van der Waals surface area contributed by atoms with E-state index in [0.717, 1.165) is 38.4 Å². The molecule has 0 radical (unpaired) electrons. The summed E-state index contributed by atoms with van der Waals surface area (Å²) in [4.78, 5) is 31.2. The van der Waals surface area contributed by atoms with Crippen LogP contribution < -0.4 is 0 Å². The Bertz CT molecular complexity index is 267. The fourth-order valence-electron chi connectivity index (χ4n) is 1.59. The molecule has 0 aliphatic heterocycles. The molecule has 0 amide bonds. The number of Topliss-reactive ketones (excluding diaryl/α,β-unsaturated/α-hetero) is 1. The Kier molecular flexibility index (Phi) is 10.4. The van der Waals surface area contributed by atoms with E-state index in [1.165, 1.54) is 12.8 Å².